The lowest BCUT2D eigenvalue weighted by Gasteiger charge is -2.38. The second-order valence-corrected chi connectivity index (χ2v) is 9.87. The Morgan fingerprint density at radius 3 is 2.33 bits per heavy atom. The van der Waals surface area contributed by atoms with Gasteiger partial charge in [0.15, 0.2) is 11.5 Å². The lowest BCUT2D eigenvalue weighted by Crippen LogP contribution is -2.49. The number of fused-ring (bicyclic) bond motifs is 1. The van der Waals surface area contributed by atoms with Gasteiger partial charge >= 0.3 is 6.03 Å². The highest BCUT2D eigenvalue weighted by Gasteiger charge is 2.51. The number of nitrogens with zero attached hydrogens (tertiary/aromatic N) is 2. The molecular formula is C28H33N3O5. The molecule has 1 saturated carbocycles. The molecule has 1 aliphatic carbocycles. The number of methoxy groups -OCH3 is 2. The number of hydrogen-bond donors (Lipinski definition) is 1. The molecule has 1 N–H and O–H groups in total. The zero-order valence-corrected chi connectivity index (χ0v) is 20.9. The standard InChI is InChI=1S/C28H33N3O5/c1-35-22-16-20-12-15-30(25(19-10-6-5-7-11-19)21(20)17-23(22)36-2)24(32)18-31-26(33)28(29-27(31)34)13-8-3-4-9-14-28/h5-7,10-11,16-17,25H,3-4,8-9,12-15,18H2,1-2H3,(H,29,34)/t25-/m0/s1. The van der Waals surface area contributed by atoms with Crippen LogP contribution in [0.4, 0.5) is 4.79 Å². The first-order chi connectivity index (χ1) is 17.5. The summed E-state index contributed by atoms with van der Waals surface area (Å²) in [5.41, 5.74) is 2.13. The Labute approximate surface area is 211 Å². The van der Waals surface area contributed by atoms with Crippen molar-refractivity contribution in [3.63, 3.8) is 0 Å². The van der Waals surface area contributed by atoms with E-state index in [0.717, 1.165) is 47.3 Å². The first-order valence-corrected chi connectivity index (χ1v) is 12.7. The number of imide groups is 1. The molecule has 1 spiro atoms. The van der Waals surface area contributed by atoms with Crippen molar-refractivity contribution < 1.29 is 23.9 Å². The molecule has 2 aliphatic heterocycles. The third-order valence-corrected chi connectivity index (χ3v) is 7.81. The summed E-state index contributed by atoms with van der Waals surface area (Å²) in [7, 11) is 3.20. The van der Waals surface area contributed by atoms with E-state index in [2.05, 4.69) is 5.32 Å². The van der Waals surface area contributed by atoms with E-state index in [1.54, 1.807) is 19.1 Å². The summed E-state index contributed by atoms with van der Waals surface area (Å²) in [5, 5.41) is 2.94. The maximum atomic E-state index is 13.8. The molecule has 36 heavy (non-hydrogen) atoms. The predicted octanol–water partition coefficient (Wildman–Crippen LogP) is 3.82. The van der Waals surface area contributed by atoms with Gasteiger partial charge < -0.3 is 19.7 Å². The Morgan fingerprint density at radius 1 is 1.00 bits per heavy atom. The van der Waals surface area contributed by atoms with E-state index in [4.69, 9.17) is 9.47 Å². The highest BCUT2D eigenvalue weighted by atomic mass is 16.5. The molecule has 190 valence electrons. The number of rotatable bonds is 5. The van der Waals surface area contributed by atoms with Crippen LogP contribution >= 0.6 is 0 Å². The number of urea groups is 1. The smallest absolute Gasteiger partial charge is 0.325 e. The summed E-state index contributed by atoms with van der Waals surface area (Å²) in [5.74, 6) is 0.730. The number of amides is 4. The maximum Gasteiger partial charge on any atom is 0.325 e. The second-order valence-electron chi connectivity index (χ2n) is 9.87. The summed E-state index contributed by atoms with van der Waals surface area (Å²) < 4.78 is 11.1. The molecule has 5 rings (SSSR count). The van der Waals surface area contributed by atoms with Crippen LogP contribution in [0.3, 0.4) is 0 Å². The van der Waals surface area contributed by atoms with Gasteiger partial charge in [0.25, 0.3) is 5.91 Å². The average Bonchev–Trinajstić information content (AvgIpc) is 3.05. The summed E-state index contributed by atoms with van der Waals surface area (Å²) in [6.45, 7) is 0.202. The van der Waals surface area contributed by atoms with Crippen molar-refractivity contribution in [1.29, 1.82) is 0 Å². The molecule has 8 heteroatoms. The SMILES string of the molecule is COc1cc2c(cc1OC)[C@H](c1ccccc1)N(C(=O)CN1C(=O)NC3(CCCCCC3)C1=O)CC2. The number of nitrogens with one attached hydrogen (secondary N) is 1. The highest BCUT2D eigenvalue weighted by Crippen LogP contribution is 2.41. The Kier molecular flexibility index (Phi) is 6.60. The van der Waals surface area contributed by atoms with Crippen LogP contribution in [-0.4, -0.2) is 60.5 Å². The van der Waals surface area contributed by atoms with Gasteiger partial charge in [-0.2, -0.15) is 0 Å². The molecule has 0 bridgehead atoms. The van der Waals surface area contributed by atoms with Gasteiger partial charge in [0.05, 0.1) is 20.3 Å². The van der Waals surface area contributed by atoms with Crippen molar-refractivity contribution in [2.24, 2.45) is 0 Å². The zero-order chi connectivity index (χ0) is 25.3. The molecule has 1 atom stereocenters. The van der Waals surface area contributed by atoms with Crippen LogP contribution in [0, 0.1) is 0 Å². The first kappa shape index (κ1) is 24.2. The molecule has 0 unspecified atom stereocenters. The fraction of sp³-hybridized carbons (Fsp3) is 0.464. The number of carbonyl (C=O) groups is 3. The van der Waals surface area contributed by atoms with Gasteiger partial charge in [0, 0.05) is 6.54 Å². The maximum absolute atomic E-state index is 13.8. The van der Waals surface area contributed by atoms with Gasteiger partial charge in [-0.15, -0.1) is 0 Å². The third-order valence-electron chi connectivity index (χ3n) is 7.81. The normalized spacial score (nSPS) is 21.1. The fourth-order valence-corrected chi connectivity index (χ4v) is 5.93. The van der Waals surface area contributed by atoms with Crippen molar-refractivity contribution in [3.05, 3.63) is 59.2 Å². The van der Waals surface area contributed by atoms with Crippen molar-refractivity contribution >= 4 is 17.8 Å². The van der Waals surface area contributed by atoms with Crippen LogP contribution in [0.2, 0.25) is 0 Å². The van der Waals surface area contributed by atoms with Crippen LogP contribution in [0.5, 0.6) is 11.5 Å². The molecule has 8 nitrogen and oxygen atoms in total. The van der Waals surface area contributed by atoms with Crippen molar-refractivity contribution in [2.45, 2.75) is 56.5 Å². The van der Waals surface area contributed by atoms with Gasteiger partial charge in [0.1, 0.15) is 12.1 Å². The Hall–Kier alpha value is -3.55. The molecule has 2 heterocycles. The van der Waals surface area contributed by atoms with Crippen molar-refractivity contribution in [2.75, 3.05) is 27.3 Å². The van der Waals surface area contributed by atoms with Gasteiger partial charge in [-0.3, -0.25) is 14.5 Å². The van der Waals surface area contributed by atoms with Crippen molar-refractivity contribution in [3.8, 4) is 11.5 Å². The number of ether oxygens (including phenoxy) is 2. The van der Waals surface area contributed by atoms with E-state index >= 15 is 0 Å². The molecular weight excluding hydrogens is 458 g/mol. The summed E-state index contributed by atoms with van der Waals surface area (Å²) in [6, 6.07) is 12.9. The minimum Gasteiger partial charge on any atom is -0.493 e. The van der Waals surface area contributed by atoms with Crippen molar-refractivity contribution in [1.82, 2.24) is 15.1 Å². The molecule has 0 radical (unpaired) electrons. The Morgan fingerprint density at radius 2 is 1.67 bits per heavy atom. The summed E-state index contributed by atoms with van der Waals surface area (Å²) >= 11 is 0. The zero-order valence-electron chi connectivity index (χ0n) is 20.9. The average molecular weight is 492 g/mol. The lowest BCUT2D eigenvalue weighted by atomic mass is 9.87. The molecule has 4 amide bonds. The summed E-state index contributed by atoms with van der Waals surface area (Å²) in [6.07, 6.45) is 5.82. The summed E-state index contributed by atoms with van der Waals surface area (Å²) in [4.78, 5) is 43.0. The van der Waals surface area contributed by atoms with E-state index in [1.165, 1.54) is 0 Å². The van der Waals surface area contributed by atoms with E-state index in [9.17, 15) is 14.4 Å². The van der Waals surface area contributed by atoms with E-state index in [-0.39, 0.29) is 24.4 Å². The minimum atomic E-state index is -0.856. The molecule has 0 aromatic heterocycles. The lowest BCUT2D eigenvalue weighted by molar-refractivity contribution is -0.140. The van der Waals surface area contributed by atoms with Crippen LogP contribution in [0.15, 0.2) is 42.5 Å². The highest BCUT2D eigenvalue weighted by molar-refractivity contribution is 6.09. The van der Waals surface area contributed by atoms with Gasteiger partial charge in [-0.05, 0) is 48.1 Å². The van der Waals surface area contributed by atoms with E-state index in [0.29, 0.717) is 37.3 Å². The molecule has 2 fully saturated rings. The van der Waals surface area contributed by atoms with Gasteiger partial charge in [0.2, 0.25) is 5.91 Å². The molecule has 1 saturated heterocycles. The van der Waals surface area contributed by atoms with Crippen LogP contribution in [0.1, 0.15) is 61.3 Å². The monoisotopic (exact) mass is 491 g/mol. The first-order valence-electron chi connectivity index (χ1n) is 12.7. The van der Waals surface area contributed by atoms with Crippen LogP contribution in [0.25, 0.3) is 0 Å². The molecule has 2 aromatic carbocycles. The molecule has 2 aromatic rings. The van der Waals surface area contributed by atoms with E-state index in [1.807, 2.05) is 42.5 Å². The Balaban J connectivity index is 1.46. The Bertz CT molecular complexity index is 1160. The van der Waals surface area contributed by atoms with E-state index < -0.39 is 11.6 Å². The number of hydrogen-bond acceptors (Lipinski definition) is 5. The van der Waals surface area contributed by atoms with Gasteiger partial charge in [-0.1, -0.05) is 56.0 Å². The quantitative estimate of drug-likeness (QED) is 0.643. The largest absolute Gasteiger partial charge is 0.493 e. The number of benzene rings is 2. The third kappa shape index (κ3) is 4.18. The topological polar surface area (TPSA) is 88.2 Å². The van der Waals surface area contributed by atoms with Crippen LogP contribution < -0.4 is 14.8 Å². The number of carbonyl (C=O) groups excluding carboxylic acids is 3. The van der Waals surface area contributed by atoms with Gasteiger partial charge in [-0.25, -0.2) is 4.79 Å². The van der Waals surface area contributed by atoms with Crippen LogP contribution in [-0.2, 0) is 16.0 Å². The minimum absolute atomic E-state index is 0.251. The second kappa shape index (κ2) is 9.84. The predicted molar refractivity (Wildman–Crippen MR) is 134 cm³/mol. The fourth-order valence-electron chi connectivity index (χ4n) is 5.93. The molecule has 3 aliphatic rings.